The molecule has 0 aliphatic rings. The third kappa shape index (κ3) is 4.30. The number of nitrogens with one attached hydrogen (secondary N) is 2. The molecule has 2 aromatic carbocycles. The van der Waals surface area contributed by atoms with E-state index in [2.05, 4.69) is 25.5 Å². The number of fused-ring (bicyclic) bond motifs is 3. The van der Waals surface area contributed by atoms with Gasteiger partial charge in [-0.3, -0.25) is 4.79 Å². The zero-order valence-corrected chi connectivity index (χ0v) is 17.0. The summed E-state index contributed by atoms with van der Waals surface area (Å²) in [6, 6.07) is 7.97. The van der Waals surface area contributed by atoms with E-state index in [0.29, 0.717) is 16.2 Å². The van der Waals surface area contributed by atoms with Crippen molar-refractivity contribution in [3.05, 3.63) is 52.0 Å². The number of rotatable bonds is 4. The summed E-state index contributed by atoms with van der Waals surface area (Å²) in [6.45, 7) is 0. The highest BCUT2D eigenvalue weighted by Gasteiger charge is 2.31. The molecule has 0 atom stereocenters. The molecule has 1 amide bonds. The summed E-state index contributed by atoms with van der Waals surface area (Å²) in [5.74, 6) is -0.709. The number of aromatic nitrogens is 4. The molecule has 0 bridgehead atoms. The van der Waals surface area contributed by atoms with Gasteiger partial charge in [0.05, 0.1) is 22.0 Å². The fourth-order valence-electron chi connectivity index (χ4n) is 2.70. The average Bonchev–Trinajstić information content (AvgIpc) is 3.04. The second kappa shape index (κ2) is 7.93. The highest BCUT2D eigenvalue weighted by molar-refractivity contribution is 7.99. The first-order valence-electron chi connectivity index (χ1n) is 8.32. The van der Waals surface area contributed by atoms with E-state index in [1.165, 1.54) is 0 Å². The molecule has 2 aromatic heterocycles. The maximum Gasteiger partial charge on any atom is 0.416 e. The van der Waals surface area contributed by atoms with Crippen LogP contribution < -0.4 is 5.32 Å². The van der Waals surface area contributed by atoms with Crippen LogP contribution in [0.2, 0.25) is 10.0 Å². The van der Waals surface area contributed by atoms with Crippen molar-refractivity contribution in [2.24, 2.45) is 0 Å². The van der Waals surface area contributed by atoms with Crippen LogP contribution in [0.25, 0.3) is 22.1 Å². The summed E-state index contributed by atoms with van der Waals surface area (Å²) in [7, 11) is 0. The summed E-state index contributed by atoms with van der Waals surface area (Å²) in [6.07, 6.45) is -4.54. The zero-order valence-electron chi connectivity index (χ0n) is 14.7. The van der Waals surface area contributed by atoms with Gasteiger partial charge < -0.3 is 10.3 Å². The summed E-state index contributed by atoms with van der Waals surface area (Å²) in [4.78, 5) is 19.6. The first-order chi connectivity index (χ1) is 14.2. The third-order valence-corrected chi connectivity index (χ3v) is 5.46. The van der Waals surface area contributed by atoms with Gasteiger partial charge in [-0.25, -0.2) is 4.98 Å². The predicted octanol–water partition coefficient (Wildman–Crippen LogP) is 5.56. The largest absolute Gasteiger partial charge is 0.416 e. The molecule has 2 heterocycles. The van der Waals surface area contributed by atoms with Crippen LogP contribution in [0.4, 0.5) is 18.9 Å². The Labute approximate surface area is 181 Å². The van der Waals surface area contributed by atoms with Gasteiger partial charge in [-0.05, 0) is 36.4 Å². The van der Waals surface area contributed by atoms with Crippen LogP contribution in [0.1, 0.15) is 5.56 Å². The van der Waals surface area contributed by atoms with Crippen molar-refractivity contribution in [2.45, 2.75) is 11.3 Å². The van der Waals surface area contributed by atoms with Crippen molar-refractivity contribution >= 4 is 68.6 Å². The van der Waals surface area contributed by atoms with Gasteiger partial charge in [0.2, 0.25) is 11.1 Å². The molecule has 30 heavy (non-hydrogen) atoms. The van der Waals surface area contributed by atoms with E-state index in [9.17, 15) is 18.0 Å². The number of carbonyl (C=O) groups is 1. The van der Waals surface area contributed by atoms with Gasteiger partial charge in [0, 0.05) is 15.9 Å². The monoisotopic (exact) mass is 471 g/mol. The lowest BCUT2D eigenvalue weighted by Crippen LogP contribution is -2.15. The number of carbonyl (C=O) groups excluding carboxylic acids is 1. The molecule has 6 nitrogen and oxygen atoms in total. The third-order valence-electron chi connectivity index (χ3n) is 4.06. The molecule has 0 aliphatic carbocycles. The molecule has 0 saturated heterocycles. The van der Waals surface area contributed by atoms with E-state index in [1.807, 2.05) is 0 Å². The van der Waals surface area contributed by atoms with Crippen molar-refractivity contribution in [3.8, 4) is 0 Å². The molecule has 2 N–H and O–H groups in total. The molecule has 0 radical (unpaired) electrons. The van der Waals surface area contributed by atoms with E-state index < -0.39 is 17.6 Å². The highest BCUT2D eigenvalue weighted by Crippen LogP contribution is 2.34. The molecular formula is C18H10Cl2F3N5OS. The number of halogens is 5. The van der Waals surface area contributed by atoms with Crippen molar-refractivity contribution in [2.75, 3.05) is 11.1 Å². The number of amides is 1. The van der Waals surface area contributed by atoms with Crippen LogP contribution >= 0.6 is 35.0 Å². The van der Waals surface area contributed by atoms with Crippen molar-refractivity contribution in [1.29, 1.82) is 0 Å². The van der Waals surface area contributed by atoms with Crippen molar-refractivity contribution in [3.63, 3.8) is 0 Å². The SMILES string of the molecule is O=C(CSc1nnc2c(n1)[nH]c1ccc(Cl)cc12)Nc1cc(C(F)(F)F)ccc1Cl. The number of nitrogens with zero attached hydrogens (tertiary/aromatic N) is 3. The number of benzene rings is 2. The molecule has 0 aliphatic heterocycles. The lowest BCUT2D eigenvalue weighted by Gasteiger charge is -2.11. The second-order valence-electron chi connectivity index (χ2n) is 6.14. The summed E-state index contributed by atoms with van der Waals surface area (Å²) in [5.41, 5.74) is 0.768. The van der Waals surface area contributed by atoms with Crippen LogP contribution in [0, 0.1) is 0 Å². The topological polar surface area (TPSA) is 83.6 Å². The van der Waals surface area contributed by atoms with Gasteiger partial charge in [0.15, 0.2) is 5.65 Å². The fraction of sp³-hybridized carbons (Fsp3) is 0.111. The molecular weight excluding hydrogens is 462 g/mol. The predicted molar refractivity (Wildman–Crippen MR) is 110 cm³/mol. The van der Waals surface area contributed by atoms with Gasteiger partial charge in [-0.2, -0.15) is 13.2 Å². The normalized spacial score (nSPS) is 11.9. The molecule has 0 saturated carbocycles. The summed E-state index contributed by atoms with van der Waals surface area (Å²) >= 11 is 12.9. The summed E-state index contributed by atoms with van der Waals surface area (Å²) in [5, 5.41) is 12.0. The Balaban J connectivity index is 1.47. The molecule has 4 rings (SSSR count). The second-order valence-corrected chi connectivity index (χ2v) is 7.92. The molecule has 12 heteroatoms. The number of aromatic amines is 1. The Kier molecular flexibility index (Phi) is 5.48. The van der Waals surface area contributed by atoms with Gasteiger partial charge >= 0.3 is 6.18 Å². The minimum Gasteiger partial charge on any atom is -0.338 e. The zero-order chi connectivity index (χ0) is 21.5. The first kappa shape index (κ1) is 20.7. The van der Waals surface area contributed by atoms with E-state index >= 15 is 0 Å². The molecule has 0 spiro atoms. The Morgan fingerprint density at radius 2 is 1.93 bits per heavy atom. The van der Waals surface area contributed by atoms with Crippen molar-refractivity contribution in [1.82, 2.24) is 20.2 Å². The van der Waals surface area contributed by atoms with Gasteiger partial charge in [-0.15, -0.1) is 10.2 Å². The maximum atomic E-state index is 12.8. The van der Waals surface area contributed by atoms with E-state index in [1.54, 1.807) is 18.2 Å². The minimum atomic E-state index is -4.54. The van der Waals surface area contributed by atoms with E-state index in [4.69, 9.17) is 23.2 Å². The van der Waals surface area contributed by atoms with Crippen molar-refractivity contribution < 1.29 is 18.0 Å². The number of hydrogen-bond donors (Lipinski definition) is 2. The smallest absolute Gasteiger partial charge is 0.338 e. The lowest BCUT2D eigenvalue weighted by molar-refractivity contribution is -0.137. The van der Waals surface area contributed by atoms with Gasteiger partial charge in [0.1, 0.15) is 5.52 Å². The Morgan fingerprint density at radius 1 is 1.13 bits per heavy atom. The number of anilines is 1. The van der Waals surface area contributed by atoms with Crippen LogP contribution in [0.3, 0.4) is 0 Å². The van der Waals surface area contributed by atoms with Gasteiger partial charge in [-0.1, -0.05) is 35.0 Å². The number of alkyl halides is 3. The van der Waals surface area contributed by atoms with Crippen LogP contribution in [0.5, 0.6) is 0 Å². The van der Waals surface area contributed by atoms with Crippen LogP contribution in [-0.4, -0.2) is 31.8 Å². The highest BCUT2D eigenvalue weighted by atomic mass is 35.5. The fourth-order valence-corrected chi connectivity index (χ4v) is 3.63. The first-order valence-corrected chi connectivity index (χ1v) is 10.1. The van der Waals surface area contributed by atoms with E-state index in [0.717, 1.165) is 40.9 Å². The van der Waals surface area contributed by atoms with Gasteiger partial charge in [0.25, 0.3) is 0 Å². The van der Waals surface area contributed by atoms with Crippen LogP contribution in [-0.2, 0) is 11.0 Å². The number of thioether (sulfide) groups is 1. The Hall–Kier alpha value is -2.56. The Morgan fingerprint density at radius 3 is 2.70 bits per heavy atom. The number of H-pyrrole nitrogens is 1. The van der Waals surface area contributed by atoms with Crippen LogP contribution in [0.15, 0.2) is 41.6 Å². The molecule has 4 aromatic rings. The molecule has 154 valence electrons. The molecule has 0 unspecified atom stereocenters. The van der Waals surface area contributed by atoms with E-state index in [-0.39, 0.29) is 21.6 Å². The summed E-state index contributed by atoms with van der Waals surface area (Å²) < 4.78 is 38.5. The molecule has 0 fully saturated rings. The maximum absolute atomic E-state index is 12.8. The standard InChI is InChI=1S/C18H10Cl2F3N5OS/c19-9-2-4-12-10(6-9)15-16(25-12)26-17(28-27-15)30-7-14(29)24-13-5-8(18(21,22)23)1-3-11(13)20/h1-6H,7H2,(H,24,29)(H,25,26,28). The Bertz CT molecular complexity index is 1280. The number of hydrogen-bond acceptors (Lipinski definition) is 5. The minimum absolute atomic E-state index is 0.00239. The lowest BCUT2D eigenvalue weighted by atomic mass is 10.2. The quantitative estimate of drug-likeness (QED) is 0.380. The average molecular weight is 472 g/mol.